The number of amides is 3. The van der Waals surface area contributed by atoms with E-state index in [4.69, 9.17) is 4.42 Å². The van der Waals surface area contributed by atoms with Crippen molar-refractivity contribution in [3.05, 3.63) is 60.2 Å². The summed E-state index contributed by atoms with van der Waals surface area (Å²) in [6.45, 7) is 1.43. The monoisotopic (exact) mass is 411 g/mol. The molecule has 10 heteroatoms. The van der Waals surface area contributed by atoms with E-state index >= 15 is 0 Å². The Morgan fingerprint density at radius 3 is 2.38 bits per heavy atom. The maximum Gasteiger partial charge on any atom is 0.277 e. The Hall–Kier alpha value is -3.66. The minimum atomic E-state index is -0.418. The first-order chi connectivity index (χ1) is 14.0. The third-order valence-corrected chi connectivity index (χ3v) is 4.36. The summed E-state index contributed by atoms with van der Waals surface area (Å²) in [7, 11) is 0. The van der Waals surface area contributed by atoms with Gasteiger partial charge in [-0.15, -0.1) is 10.2 Å². The molecule has 0 saturated heterocycles. The van der Waals surface area contributed by atoms with Crippen LogP contribution in [0.4, 0.5) is 5.69 Å². The van der Waals surface area contributed by atoms with Crippen LogP contribution >= 0.6 is 11.8 Å². The standard InChI is InChI=1S/C19H17N5O4S/c1-12(25)20-15-9-7-14(8-10-15)18-23-24-19(28-18)29-11-16(26)21-22-17(27)13-5-3-2-4-6-13/h2-10H,11H2,1H3,(H,20,25)(H,21,26)(H,22,27). The summed E-state index contributed by atoms with van der Waals surface area (Å²) >= 11 is 1.04. The normalized spacial score (nSPS) is 10.2. The number of carbonyl (C=O) groups excluding carboxylic acids is 3. The third kappa shape index (κ3) is 5.91. The molecule has 0 spiro atoms. The second-order valence-corrected chi connectivity index (χ2v) is 6.72. The Kier molecular flexibility index (Phi) is 6.59. The largest absolute Gasteiger partial charge is 0.411 e. The number of aromatic nitrogens is 2. The molecule has 3 rings (SSSR count). The van der Waals surface area contributed by atoms with Crippen molar-refractivity contribution in [2.45, 2.75) is 12.1 Å². The average molecular weight is 411 g/mol. The van der Waals surface area contributed by atoms with Crippen LogP contribution in [0.25, 0.3) is 11.5 Å². The zero-order valence-electron chi connectivity index (χ0n) is 15.3. The molecule has 0 atom stereocenters. The number of thioether (sulfide) groups is 1. The summed E-state index contributed by atoms with van der Waals surface area (Å²) in [5.74, 6) is -0.712. The molecule has 0 radical (unpaired) electrons. The van der Waals surface area contributed by atoms with E-state index in [-0.39, 0.29) is 16.9 Å². The van der Waals surface area contributed by atoms with Gasteiger partial charge in [0.15, 0.2) is 0 Å². The molecule has 3 aromatic rings. The molecule has 9 nitrogen and oxygen atoms in total. The van der Waals surface area contributed by atoms with Gasteiger partial charge in [-0.1, -0.05) is 30.0 Å². The fourth-order valence-electron chi connectivity index (χ4n) is 2.24. The molecular formula is C19H17N5O4S. The molecule has 3 amide bonds. The number of benzene rings is 2. The first-order valence-electron chi connectivity index (χ1n) is 8.50. The molecule has 3 N–H and O–H groups in total. The van der Waals surface area contributed by atoms with Gasteiger partial charge in [0.1, 0.15) is 0 Å². The van der Waals surface area contributed by atoms with Crippen LogP contribution < -0.4 is 16.2 Å². The van der Waals surface area contributed by atoms with Crippen molar-refractivity contribution < 1.29 is 18.8 Å². The van der Waals surface area contributed by atoms with Crippen molar-refractivity contribution in [1.29, 1.82) is 0 Å². The zero-order valence-corrected chi connectivity index (χ0v) is 16.2. The molecule has 0 unspecified atom stereocenters. The molecule has 0 aliphatic heterocycles. The summed E-state index contributed by atoms with van der Waals surface area (Å²) in [5, 5.41) is 10.7. The SMILES string of the molecule is CC(=O)Nc1ccc(-c2nnc(SCC(=O)NNC(=O)c3ccccc3)o2)cc1. The van der Waals surface area contributed by atoms with Gasteiger partial charge in [0.2, 0.25) is 17.7 Å². The first-order valence-corrected chi connectivity index (χ1v) is 9.48. The van der Waals surface area contributed by atoms with E-state index in [1.165, 1.54) is 6.92 Å². The highest BCUT2D eigenvalue weighted by atomic mass is 32.2. The Bertz CT molecular complexity index is 1000. The average Bonchev–Trinajstić information content (AvgIpc) is 3.20. The van der Waals surface area contributed by atoms with E-state index in [0.29, 0.717) is 22.7 Å². The minimum Gasteiger partial charge on any atom is -0.411 e. The van der Waals surface area contributed by atoms with Crippen LogP contribution in [0.2, 0.25) is 0 Å². The maximum atomic E-state index is 11.9. The zero-order chi connectivity index (χ0) is 20.6. The van der Waals surface area contributed by atoms with Crippen molar-refractivity contribution >= 4 is 35.2 Å². The lowest BCUT2D eigenvalue weighted by Crippen LogP contribution is -2.42. The highest BCUT2D eigenvalue weighted by Gasteiger charge is 2.12. The third-order valence-electron chi connectivity index (χ3n) is 3.54. The van der Waals surface area contributed by atoms with Crippen LogP contribution in [0.15, 0.2) is 64.2 Å². The van der Waals surface area contributed by atoms with Gasteiger partial charge in [-0.05, 0) is 36.4 Å². The molecule has 0 aliphatic rings. The molecular weight excluding hydrogens is 394 g/mol. The van der Waals surface area contributed by atoms with Crippen LogP contribution in [0.3, 0.4) is 0 Å². The van der Waals surface area contributed by atoms with Gasteiger partial charge >= 0.3 is 0 Å². The maximum absolute atomic E-state index is 11.9. The van der Waals surface area contributed by atoms with Gasteiger partial charge < -0.3 is 9.73 Å². The summed E-state index contributed by atoms with van der Waals surface area (Å²) in [6, 6.07) is 15.4. The predicted molar refractivity (Wildman–Crippen MR) is 107 cm³/mol. The number of nitrogens with zero attached hydrogens (tertiary/aromatic N) is 2. The Labute approximate surface area is 170 Å². The molecule has 0 aliphatic carbocycles. The van der Waals surface area contributed by atoms with E-state index < -0.39 is 11.8 Å². The molecule has 0 fully saturated rings. The Morgan fingerprint density at radius 1 is 0.966 bits per heavy atom. The van der Waals surface area contributed by atoms with Gasteiger partial charge in [0.05, 0.1) is 5.75 Å². The van der Waals surface area contributed by atoms with Gasteiger partial charge in [-0.2, -0.15) is 0 Å². The number of hydrogen-bond donors (Lipinski definition) is 3. The second-order valence-electron chi connectivity index (χ2n) is 5.79. The summed E-state index contributed by atoms with van der Waals surface area (Å²) < 4.78 is 5.52. The van der Waals surface area contributed by atoms with Gasteiger partial charge in [0.25, 0.3) is 11.1 Å². The van der Waals surface area contributed by atoms with Gasteiger partial charge in [-0.3, -0.25) is 25.2 Å². The van der Waals surface area contributed by atoms with Crippen LogP contribution in [0.5, 0.6) is 0 Å². The van der Waals surface area contributed by atoms with Crippen molar-refractivity contribution in [3.63, 3.8) is 0 Å². The lowest BCUT2D eigenvalue weighted by atomic mass is 10.2. The fraction of sp³-hybridized carbons (Fsp3) is 0.105. The molecule has 0 saturated carbocycles. The fourth-order valence-corrected chi connectivity index (χ4v) is 2.80. The number of carbonyl (C=O) groups is 3. The van der Waals surface area contributed by atoms with Crippen molar-refractivity contribution in [3.8, 4) is 11.5 Å². The van der Waals surface area contributed by atoms with Gasteiger partial charge in [-0.25, -0.2) is 0 Å². The van der Waals surface area contributed by atoms with Crippen LogP contribution in [-0.4, -0.2) is 33.7 Å². The number of rotatable bonds is 6. The minimum absolute atomic E-state index is 0.0157. The van der Waals surface area contributed by atoms with E-state index in [1.54, 1.807) is 54.6 Å². The highest BCUT2D eigenvalue weighted by molar-refractivity contribution is 7.99. The lowest BCUT2D eigenvalue weighted by molar-refractivity contribution is -0.119. The van der Waals surface area contributed by atoms with Crippen molar-refractivity contribution in [2.24, 2.45) is 0 Å². The smallest absolute Gasteiger partial charge is 0.277 e. The van der Waals surface area contributed by atoms with Crippen molar-refractivity contribution in [2.75, 3.05) is 11.1 Å². The van der Waals surface area contributed by atoms with E-state index in [0.717, 1.165) is 11.8 Å². The lowest BCUT2D eigenvalue weighted by Gasteiger charge is -2.06. The van der Waals surface area contributed by atoms with E-state index in [9.17, 15) is 14.4 Å². The van der Waals surface area contributed by atoms with Crippen LogP contribution in [0, 0.1) is 0 Å². The number of hydrazine groups is 1. The summed E-state index contributed by atoms with van der Waals surface area (Å²) in [5.41, 5.74) is 6.44. The second kappa shape index (κ2) is 9.51. The van der Waals surface area contributed by atoms with Crippen LogP contribution in [-0.2, 0) is 9.59 Å². The number of hydrogen-bond acceptors (Lipinski definition) is 7. The summed E-state index contributed by atoms with van der Waals surface area (Å²) in [4.78, 5) is 34.8. The molecule has 1 aromatic heterocycles. The van der Waals surface area contributed by atoms with Crippen molar-refractivity contribution in [1.82, 2.24) is 21.0 Å². The molecule has 2 aromatic carbocycles. The predicted octanol–water partition coefficient (Wildman–Crippen LogP) is 2.25. The first kappa shape index (κ1) is 20.1. The van der Waals surface area contributed by atoms with E-state index in [1.807, 2.05) is 0 Å². The molecule has 1 heterocycles. The Balaban J connectivity index is 1.48. The molecule has 29 heavy (non-hydrogen) atoms. The molecule has 148 valence electrons. The topological polar surface area (TPSA) is 126 Å². The van der Waals surface area contributed by atoms with Gasteiger partial charge in [0, 0.05) is 23.7 Å². The Morgan fingerprint density at radius 2 is 1.69 bits per heavy atom. The van der Waals surface area contributed by atoms with E-state index in [2.05, 4.69) is 26.4 Å². The number of anilines is 1. The molecule has 0 bridgehead atoms. The highest BCUT2D eigenvalue weighted by Crippen LogP contribution is 2.24. The van der Waals surface area contributed by atoms with Crippen LogP contribution in [0.1, 0.15) is 17.3 Å². The quantitative estimate of drug-likeness (QED) is 0.419. The number of nitrogens with one attached hydrogen (secondary N) is 3. The summed E-state index contributed by atoms with van der Waals surface area (Å²) in [6.07, 6.45) is 0.